The fourth-order valence-electron chi connectivity index (χ4n) is 3.75. The van der Waals surface area contributed by atoms with Crippen LogP contribution in [0.25, 0.3) is 0 Å². The highest BCUT2D eigenvalue weighted by atomic mass is 16.5. The summed E-state index contributed by atoms with van der Waals surface area (Å²) in [5.41, 5.74) is 1.88. The maximum Gasteiger partial charge on any atom is 0.354 e. The molecule has 1 fully saturated rings. The predicted molar refractivity (Wildman–Crippen MR) is 104 cm³/mol. The number of carboxylic acid groups (broad SMARTS) is 1. The van der Waals surface area contributed by atoms with Gasteiger partial charge in [0, 0.05) is 24.8 Å². The second kappa shape index (κ2) is 7.90. The van der Waals surface area contributed by atoms with E-state index in [-0.39, 0.29) is 23.1 Å². The molecule has 1 saturated heterocycles. The first kappa shape index (κ1) is 18.9. The summed E-state index contributed by atoms with van der Waals surface area (Å²) in [7, 11) is 0. The molecular weight excluding hydrogens is 374 g/mol. The van der Waals surface area contributed by atoms with Crippen LogP contribution >= 0.6 is 0 Å². The number of benzene rings is 1. The number of pyridine rings is 1. The number of hydrogen-bond acceptors (Lipinski definition) is 5. The lowest BCUT2D eigenvalue weighted by atomic mass is 10.00. The van der Waals surface area contributed by atoms with Crippen molar-refractivity contribution in [3.05, 3.63) is 53.3 Å². The minimum atomic E-state index is -1.15. The molecule has 2 aliphatic heterocycles. The Morgan fingerprint density at radius 3 is 2.79 bits per heavy atom. The number of aromatic carboxylic acids is 1. The van der Waals surface area contributed by atoms with Gasteiger partial charge < -0.3 is 20.1 Å². The molecule has 0 spiro atoms. The summed E-state index contributed by atoms with van der Waals surface area (Å²) in [6, 6.07) is 7.69. The van der Waals surface area contributed by atoms with Gasteiger partial charge in [0.25, 0.3) is 5.91 Å². The van der Waals surface area contributed by atoms with E-state index in [1.165, 1.54) is 18.3 Å². The number of hydrogen-bond donors (Lipinski definition) is 2. The van der Waals surface area contributed by atoms with Gasteiger partial charge in [-0.1, -0.05) is 0 Å². The Kier molecular flexibility index (Phi) is 5.16. The standard InChI is InChI=1S/C21H21N3O5/c25-19(23-15-5-7-18-13(11-15)8-10-29-18)17-3-1-2-9-24(17)20(26)14-4-6-16(21(27)28)22-12-14/h4-7,11-12,17H,1-3,8-10H2,(H,23,25)(H,27,28). The van der Waals surface area contributed by atoms with E-state index < -0.39 is 12.0 Å². The van der Waals surface area contributed by atoms with Gasteiger partial charge in [-0.05, 0) is 55.2 Å². The lowest BCUT2D eigenvalue weighted by molar-refractivity contribution is -0.121. The predicted octanol–water partition coefficient (Wildman–Crippen LogP) is 2.35. The summed E-state index contributed by atoms with van der Waals surface area (Å²) in [4.78, 5) is 42.2. The molecule has 150 valence electrons. The van der Waals surface area contributed by atoms with E-state index in [4.69, 9.17) is 9.84 Å². The number of anilines is 1. The van der Waals surface area contributed by atoms with Gasteiger partial charge in [0.05, 0.1) is 12.2 Å². The average Bonchev–Trinajstić information content (AvgIpc) is 3.21. The van der Waals surface area contributed by atoms with Gasteiger partial charge in [0.2, 0.25) is 5.91 Å². The molecule has 4 rings (SSSR count). The van der Waals surface area contributed by atoms with Crippen LogP contribution in [0, 0.1) is 0 Å². The SMILES string of the molecule is O=C(O)c1ccc(C(=O)N2CCCCC2C(=O)Nc2ccc3c(c2)CCO3)cn1. The molecule has 0 bridgehead atoms. The summed E-state index contributed by atoms with van der Waals surface area (Å²) in [5, 5.41) is 11.9. The molecule has 2 amide bonds. The summed E-state index contributed by atoms with van der Waals surface area (Å²) in [5.74, 6) is -0.863. The van der Waals surface area contributed by atoms with Crippen LogP contribution in [0.15, 0.2) is 36.5 Å². The van der Waals surface area contributed by atoms with E-state index in [0.29, 0.717) is 25.3 Å². The largest absolute Gasteiger partial charge is 0.493 e. The number of carbonyl (C=O) groups excluding carboxylic acids is 2. The van der Waals surface area contributed by atoms with Crippen LogP contribution in [0.4, 0.5) is 5.69 Å². The molecule has 0 saturated carbocycles. The van der Waals surface area contributed by atoms with E-state index in [1.807, 2.05) is 12.1 Å². The van der Waals surface area contributed by atoms with E-state index in [0.717, 1.165) is 30.6 Å². The van der Waals surface area contributed by atoms with E-state index in [2.05, 4.69) is 10.3 Å². The zero-order valence-corrected chi connectivity index (χ0v) is 15.8. The van der Waals surface area contributed by atoms with Gasteiger partial charge in [-0.3, -0.25) is 9.59 Å². The van der Waals surface area contributed by atoms with Crippen molar-refractivity contribution in [2.24, 2.45) is 0 Å². The van der Waals surface area contributed by atoms with Crippen molar-refractivity contribution >= 4 is 23.5 Å². The molecule has 0 aliphatic carbocycles. The third-order valence-electron chi connectivity index (χ3n) is 5.25. The van der Waals surface area contributed by atoms with Crippen LogP contribution < -0.4 is 10.1 Å². The number of carboxylic acids is 1. The molecule has 1 aromatic carbocycles. The number of aromatic nitrogens is 1. The Labute approximate surface area is 167 Å². The minimum absolute atomic E-state index is 0.130. The third kappa shape index (κ3) is 3.91. The maximum absolute atomic E-state index is 12.9. The van der Waals surface area contributed by atoms with E-state index in [9.17, 15) is 14.4 Å². The summed E-state index contributed by atoms with van der Waals surface area (Å²) in [6.45, 7) is 1.11. The van der Waals surface area contributed by atoms with Crippen LogP contribution in [0.2, 0.25) is 0 Å². The number of nitrogens with zero attached hydrogens (tertiary/aromatic N) is 2. The number of carbonyl (C=O) groups is 3. The molecule has 2 aliphatic rings. The molecule has 29 heavy (non-hydrogen) atoms. The van der Waals surface area contributed by atoms with Crippen LogP contribution in [0.1, 0.15) is 45.7 Å². The molecule has 2 N–H and O–H groups in total. The van der Waals surface area contributed by atoms with Gasteiger partial charge in [-0.25, -0.2) is 9.78 Å². The summed E-state index contributed by atoms with van der Waals surface area (Å²) < 4.78 is 5.49. The van der Waals surface area contributed by atoms with E-state index in [1.54, 1.807) is 11.0 Å². The van der Waals surface area contributed by atoms with Gasteiger partial charge in [0.15, 0.2) is 0 Å². The summed E-state index contributed by atoms with van der Waals surface area (Å²) in [6.07, 6.45) is 4.30. The second-order valence-corrected chi connectivity index (χ2v) is 7.16. The van der Waals surface area contributed by atoms with Crippen LogP contribution in [0.5, 0.6) is 5.75 Å². The first-order valence-corrected chi connectivity index (χ1v) is 9.60. The van der Waals surface area contributed by atoms with Crippen molar-refractivity contribution in [2.45, 2.75) is 31.7 Å². The van der Waals surface area contributed by atoms with Crippen LogP contribution in [-0.4, -0.2) is 52.0 Å². The molecule has 0 radical (unpaired) electrons. The van der Waals surface area contributed by atoms with Crippen LogP contribution in [0.3, 0.4) is 0 Å². The highest BCUT2D eigenvalue weighted by Crippen LogP contribution is 2.28. The number of likely N-dealkylation sites (tertiary alicyclic amines) is 1. The number of rotatable bonds is 4. The van der Waals surface area contributed by atoms with Gasteiger partial charge >= 0.3 is 5.97 Å². The zero-order chi connectivity index (χ0) is 20.4. The first-order valence-electron chi connectivity index (χ1n) is 9.60. The Morgan fingerprint density at radius 1 is 1.17 bits per heavy atom. The van der Waals surface area contributed by atoms with Crippen molar-refractivity contribution in [3.63, 3.8) is 0 Å². The molecule has 1 atom stereocenters. The highest BCUT2D eigenvalue weighted by molar-refractivity contribution is 6.01. The van der Waals surface area contributed by atoms with Crippen molar-refractivity contribution in [2.75, 3.05) is 18.5 Å². The Hall–Kier alpha value is -3.42. The van der Waals surface area contributed by atoms with Gasteiger partial charge in [-0.2, -0.15) is 0 Å². The Morgan fingerprint density at radius 2 is 2.03 bits per heavy atom. The van der Waals surface area contributed by atoms with Gasteiger partial charge in [-0.15, -0.1) is 0 Å². The highest BCUT2D eigenvalue weighted by Gasteiger charge is 2.33. The number of fused-ring (bicyclic) bond motifs is 1. The zero-order valence-electron chi connectivity index (χ0n) is 15.8. The number of ether oxygens (including phenoxy) is 1. The molecule has 8 heteroatoms. The number of nitrogens with one attached hydrogen (secondary N) is 1. The smallest absolute Gasteiger partial charge is 0.354 e. The van der Waals surface area contributed by atoms with Crippen molar-refractivity contribution < 1.29 is 24.2 Å². The first-order chi connectivity index (χ1) is 14.0. The topological polar surface area (TPSA) is 109 Å². The average molecular weight is 395 g/mol. The fraction of sp³-hybridized carbons (Fsp3) is 0.333. The minimum Gasteiger partial charge on any atom is -0.493 e. The molecule has 1 aromatic heterocycles. The van der Waals surface area contributed by atoms with Gasteiger partial charge in [0.1, 0.15) is 17.5 Å². The molecule has 1 unspecified atom stereocenters. The maximum atomic E-state index is 12.9. The second-order valence-electron chi connectivity index (χ2n) is 7.16. The normalized spacial score (nSPS) is 17.9. The third-order valence-corrected chi connectivity index (χ3v) is 5.25. The lowest BCUT2D eigenvalue weighted by Gasteiger charge is -2.34. The van der Waals surface area contributed by atoms with Crippen LogP contribution in [-0.2, 0) is 11.2 Å². The number of piperidine rings is 1. The van der Waals surface area contributed by atoms with Crippen molar-refractivity contribution in [1.29, 1.82) is 0 Å². The summed E-state index contributed by atoms with van der Waals surface area (Å²) >= 11 is 0. The lowest BCUT2D eigenvalue weighted by Crippen LogP contribution is -2.50. The molecule has 2 aromatic rings. The monoisotopic (exact) mass is 395 g/mol. The van der Waals surface area contributed by atoms with Crippen molar-refractivity contribution in [1.82, 2.24) is 9.88 Å². The quantitative estimate of drug-likeness (QED) is 0.823. The number of amides is 2. The Bertz CT molecular complexity index is 957. The molecular formula is C21H21N3O5. The van der Waals surface area contributed by atoms with E-state index >= 15 is 0 Å². The molecule has 3 heterocycles. The Balaban J connectivity index is 1.49. The van der Waals surface area contributed by atoms with Crippen molar-refractivity contribution in [3.8, 4) is 5.75 Å². The fourth-order valence-corrected chi connectivity index (χ4v) is 3.75. The molecule has 8 nitrogen and oxygen atoms in total.